The number of benzene rings is 1. The molecular weight excluding hydrogens is 248 g/mol. The van der Waals surface area contributed by atoms with E-state index in [1.54, 1.807) is 7.11 Å². The summed E-state index contributed by atoms with van der Waals surface area (Å²) in [7, 11) is 1.68. The van der Waals surface area contributed by atoms with Crippen molar-refractivity contribution in [2.45, 2.75) is 19.1 Å². The van der Waals surface area contributed by atoms with Crippen LogP contribution in [0.2, 0.25) is 0 Å². The molecule has 0 saturated carbocycles. The van der Waals surface area contributed by atoms with E-state index < -0.39 is 0 Å². The fourth-order valence-electron chi connectivity index (χ4n) is 1.99. The average molecular weight is 265 g/mol. The first-order valence-electron chi connectivity index (χ1n) is 5.99. The Labute approximate surface area is 113 Å². The summed E-state index contributed by atoms with van der Waals surface area (Å²) in [4.78, 5) is 0. The Kier molecular flexibility index (Phi) is 4.85. The number of ether oxygens (including phenoxy) is 2. The van der Waals surface area contributed by atoms with Crippen LogP contribution in [0.4, 0.5) is 0 Å². The minimum atomic E-state index is -0.139. The van der Waals surface area contributed by atoms with E-state index in [4.69, 9.17) is 21.1 Å². The highest BCUT2D eigenvalue weighted by Gasteiger charge is 2.22. The van der Waals surface area contributed by atoms with E-state index in [-0.39, 0.29) is 6.10 Å². The summed E-state index contributed by atoms with van der Waals surface area (Å²) >= 11 is 5.91. The monoisotopic (exact) mass is 264 g/mol. The quantitative estimate of drug-likeness (QED) is 0.597. The van der Waals surface area contributed by atoms with Crippen molar-refractivity contribution >= 4 is 11.6 Å². The molecule has 0 radical (unpaired) electrons. The molecule has 0 fully saturated rings. The molecule has 1 aliphatic carbocycles. The lowest BCUT2D eigenvalue weighted by Gasteiger charge is -2.24. The van der Waals surface area contributed by atoms with Gasteiger partial charge in [-0.15, -0.1) is 11.6 Å². The fourth-order valence-corrected chi connectivity index (χ4v) is 2.24. The summed E-state index contributed by atoms with van der Waals surface area (Å²) in [5.74, 6) is 1.34. The number of methoxy groups -OCH3 is 1. The third kappa shape index (κ3) is 3.15. The highest BCUT2D eigenvalue weighted by atomic mass is 35.5. The molecule has 2 rings (SSSR count). The number of alkyl halides is 1. The van der Waals surface area contributed by atoms with Crippen LogP contribution < -0.4 is 0 Å². The number of hydrogen-bond donors (Lipinski definition) is 0. The van der Waals surface area contributed by atoms with Crippen LogP contribution in [-0.4, -0.2) is 19.1 Å². The van der Waals surface area contributed by atoms with Crippen molar-refractivity contribution in [3.63, 3.8) is 0 Å². The van der Waals surface area contributed by atoms with E-state index in [2.05, 4.69) is 6.08 Å². The molecule has 1 aromatic carbocycles. The van der Waals surface area contributed by atoms with Crippen molar-refractivity contribution in [3.8, 4) is 0 Å². The minimum absolute atomic E-state index is 0.139. The van der Waals surface area contributed by atoms with Gasteiger partial charge in [-0.25, -0.2) is 0 Å². The van der Waals surface area contributed by atoms with Gasteiger partial charge in [0.2, 0.25) is 0 Å². The molecule has 1 unspecified atom stereocenters. The second kappa shape index (κ2) is 6.62. The Morgan fingerprint density at radius 3 is 2.67 bits per heavy atom. The van der Waals surface area contributed by atoms with Crippen molar-refractivity contribution < 1.29 is 9.47 Å². The van der Waals surface area contributed by atoms with Gasteiger partial charge < -0.3 is 9.47 Å². The molecule has 2 nitrogen and oxygen atoms in total. The van der Waals surface area contributed by atoms with E-state index in [1.807, 2.05) is 36.4 Å². The topological polar surface area (TPSA) is 18.5 Å². The second-order valence-electron chi connectivity index (χ2n) is 4.14. The highest BCUT2D eigenvalue weighted by molar-refractivity contribution is 6.19. The Morgan fingerprint density at radius 1 is 1.22 bits per heavy atom. The van der Waals surface area contributed by atoms with Crippen LogP contribution in [0.5, 0.6) is 0 Å². The normalized spacial score (nSPS) is 19.1. The molecule has 0 aromatic heterocycles. The predicted molar refractivity (Wildman–Crippen MR) is 73.5 cm³/mol. The SMILES string of the molecule is COC1C(CCl)=CCC=C1OCc1ccccc1. The van der Waals surface area contributed by atoms with Gasteiger partial charge >= 0.3 is 0 Å². The number of hydrogen-bond acceptors (Lipinski definition) is 2. The summed E-state index contributed by atoms with van der Waals surface area (Å²) in [6.45, 7) is 0.558. The lowest BCUT2D eigenvalue weighted by Crippen LogP contribution is -2.22. The third-order valence-electron chi connectivity index (χ3n) is 2.93. The lowest BCUT2D eigenvalue weighted by molar-refractivity contribution is 0.0757. The summed E-state index contributed by atoms with van der Waals surface area (Å²) in [5, 5.41) is 0. The van der Waals surface area contributed by atoms with Gasteiger partial charge in [0, 0.05) is 13.0 Å². The van der Waals surface area contributed by atoms with E-state index in [1.165, 1.54) is 0 Å². The first-order chi connectivity index (χ1) is 8.85. The molecule has 0 amide bonds. The average Bonchev–Trinajstić information content (AvgIpc) is 2.45. The maximum Gasteiger partial charge on any atom is 0.136 e. The number of rotatable bonds is 5. The fraction of sp³-hybridized carbons (Fsp3) is 0.333. The van der Waals surface area contributed by atoms with Crippen molar-refractivity contribution in [2.24, 2.45) is 0 Å². The molecule has 96 valence electrons. The van der Waals surface area contributed by atoms with E-state index in [9.17, 15) is 0 Å². The lowest BCUT2D eigenvalue weighted by atomic mass is 10.0. The number of halogens is 1. The van der Waals surface area contributed by atoms with Gasteiger partial charge in [-0.3, -0.25) is 0 Å². The maximum absolute atomic E-state index is 5.91. The van der Waals surface area contributed by atoms with E-state index in [0.29, 0.717) is 12.5 Å². The van der Waals surface area contributed by atoms with Gasteiger partial charge in [-0.05, 0) is 23.6 Å². The summed E-state index contributed by atoms with van der Waals surface area (Å²) < 4.78 is 11.3. The largest absolute Gasteiger partial charge is 0.490 e. The molecule has 0 aliphatic heterocycles. The van der Waals surface area contributed by atoms with Crippen LogP contribution in [0.1, 0.15) is 12.0 Å². The smallest absolute Gasteiger partial charge is 0.136 e. The van der Waals surface area contributed by atoms with Crippen LogP contribution >= 0.6 is 11.6 Å². The van der Waals surface area contributed by atoms with Crippen molar-refractivity contribution in [1.82, 2.24) is 0 Å². The molecule has 0 N–H and O–H groups in total. The second-order valence-corrected chi connectivity index (χ2v) is 4.41. The molecule has 0 bridgehead atoms. The molecule has 1 aromatic rings. The maximum atomic E-state index is 5.91. The summed E-state index contributed by atoms with van der Waals surface area (Å²) in [6.07, 6.45) is 4.86. The van der Waals surface area contributed by atoms with Crippen LogP contribution in [-0.2, 0) is 16.1 Å². The molecule has 1 atom stereocenters. The van der Waals surface area contributed by atoms with Gasteiger partial charge in [-0.2, -0.15) is 0 Å². The zero-order valence-electron chi connectivity index (χ0n) is 10.4. The molecule has 0 spiro atoms. The Balaban J connectivity index is 1.99. The molecule has 0 saturated heterocycles. The Hall–Kier alpha value is -1.25. The molecule has 0 heterocycles. The van der Waals surface area contributed by atoms with Crippen molar-refractivity contribution in [1.29, 1.82) is 0 Å². The van der Waals surface area contributed by atoms with Gasteiger partial charge in [0.15, 0.2) is 0 Å². The standard InChI is InChI=1S/C15H17ClO2/c1-17-15-13(10-16)8-5-9-14(15)18-11-12-6-3-2-4-7-12/h2-4,6-9,15H,5,10-11H2,1H3. The summed E-state index contributed by atoms with van der Waals surface area (Å²) in [6, 6.07) is 10.1. The van der Waals surface area contributed by atoms with Crippen LogP contribution in [0.15, 0.2) is 53.8 Å². The third-order valence-corrected chi connectivity index (χ3v) is 3.24. The van der Waals surface area contributed by atoms with Gasteiger partial charge in [0.05, 0.1) is 0 Å². The van der Waals surface area contributed by atoms with Crippen LogP contribution in [0.3, 0.4) is 0 Å². The van der Waals surface area contributed by atoms with Crippen LogP contribution in [0, 0.1) is 0 Å². The molecule has 3 heteroatoms. The van der Waals surface area contributed by atoms with Gasteiger partial charge in [-0.1, -0.05) is 36.4 Å². The first kappa shape index (κ1) is 13.2. The minimum Gasteiger partial charge on any atom is -0.490 e. The molecular formula is C15H17ClO2. The van der Waals surface area contributed by atoms with E-state index in [0.717, 1.165) is 23.3 Å². The Morgan fingerprint density at radius 2 is 2.00 bits per heavy atom. The van der Waals surface area contributed by atoms with Gasteiger partial charge in [0.25, 0.3) is 0 Å². The van der Waals surface area contributed by atoms with Gasteiger partial charge in [0.1, 0.15) is 18.5 Å². The van der Waals surface area contributed by atoms with Crippen molar-refractivity contribution in [2.75, 3.05) is 13.0 Å². The molecule has 18 heavy (non-hydrogen) atoms. The zero-order chi connectivity index (χ0) is 12.8. The predicted octanol–water partition coefficient (Wildman–Crippen LogP) is 3.67. The summed E-state index contributed by atoms with van der Waals surface area (Å²) in [5.41, 5.74) is 2.22. The van der Waals surface area contributed by atoms with Crippen LogP contribution in [0.25, 0.3) is 0 Å². The zero-order valence-corrected chi connectivity index (χ0v) is 11.2. The van der Waals surface area contributed by atoms with Crippen molar-refractivity contribution in [3.05, 3.63) is 59.4 Å². The highest BCUT2D eigenvalue weighted by Crippen LogP contribution is 2.24. The molecule has 1 aliphatic rings. The number of allylic oxidation sites excluding steroid dienone is 2. The first-order valence-corrected chi connectivity index (χ1v) is 6.53. The Bertz CT molecular complexity index is 437. The van der Waals surface area contributed by atoms with E-state index >= 15 is 0 Å².